The molecule has 56 valence electrons. The molecule has 1 aromatic rings. The van der Waals surface area contributed by atoms with Gasteiger partial charge in [0.25, 0.3) is 0 Å². The van der Waals surface area contributed by atoms with Crippen LogP contribution in [0.15, 0.2) is 10.6 Å². The quantitative estimate of drug-likeness (QED) is 0.616. The average molecular weight is 142 g/mol. The maximum absolute atomic E-state index is 8.33. The highest BCUT2D eigenvalue weighted by atomic mass is 16.5. The molecule has 1 heterocycles. The van der Waals surface area contributed by atoms with E-state index in [1.54, 1.807) is 6.20 Å². The fraction of sp³-hybridized carbons (Fsp3) is 0.500. The smallest absolute Gasteiger partial charge is 0.319 e. The predicted molar refractivity (Wildman–Crippen MR) is 36.0 cm³/mol. The zero-order valence-corrected chi connectivity index (χ0v) is 5.96. The van der Waals surface area contributed by atoms with Gasteiger partial charge in [-0.05, 0) is 0 Å². The van der Waals surface area contributed by atoms with Crippen molar-refractivity contribution in [2.45, 2.75) is 19.8 Å². The van der Waals surface area contributed by atoms with Crippen LogP contribution in [-0.4, -0.2) is 10.2 Å². The fourth-order valence-corrected chi connectivity index (χ4v) is 0.605. The predicted octanol–water partition coefficient (Wildman–Crippen LogP) is 1.60. The lowest BCUT2D eigenvalue weighted by Crippen LogP contribution is -1.87. The lowest BCUT2D eigenvalue weighted by atomic mass is 10.2. The SMILES string of the molecule is CC(C)c1cnc(NO)o1. The summed E-state index contributed by atoms with van der Waals surface area (Å²) < 4.78 is 5.02. The van der Waals surface area contributed by atoms with Gasteiger partial charge in [0, 0.05) is 5.92 Å². The second kappa shape index (κ2) is 2.70. The summed E-state index contributed by atoms with van der Waals surface area (Å²) in [6.45, 7) is 3.98. The van der Waals surface area contributed by atoms with Crippen LogP contribution < -0.4 is 5.48 Å². The van der Waals surface area contributed by atoms with E-state index in [-0.39, 0.29) is 6.01 Å². The molecule has 0 aliphatic rings. The Kier molecular flexibility index (Phi) is 1.91. The molecule has 0 aromatic carbocycles. The normalized spacial score (nSPS) is 10.4. The van der Waals surface area contributed by atoms with Crippen LogP contribution in [0.3, 0.4) is 0 Å². The highest BCUT2D eigenvalue weighted by Crippen LogP contribution is 2.16. The van der Waals surface area contributed by atoms with Gasteiger partial charge in [-0.3, -0.25) is 5.21 Å². The van der Waals surface area contributed by atoms with Crippen molar-refractivity contribution in [3.05, 3.63) is 12.0 Å². The van der Waals surface area contributed by atoms with Gasteiger partial charge in [0.1, 0.15) is 5.76 Å². The summed E-state index contributed by atoms with van der Waals surface area (Å²) in [7, 11) is 0. The van der Waals surface area contributed by atoms with E-state index in [2.05, 4.69) is 4.98 Å². The summed E-state index contributed by atoms with van der Waals surface area (Å²) in [6, 6.07) is 0.142. The number of oxazole rings is 1. The molecule has 0 amide bonds. The fourth-order valence-electron chi connectivity index (χ4n) is 0.605. The molecule has 0 saturated carbocycles. The van der Waals surface area contributed by atoms with E-state index in [1.165, 1.54) is 0 Å². The first-order chi connectivity index (χ1) is 4.74. The molecule has 0 bridgehead atoms. The van der Waals surface area contributed by atoms with Gasteiger partial charge in [-0.15, -0.1) is 0 Å². The minimum atomic E-state index is 0.142. The van der Waals surface area contributed by atoms with Crippen molar-refractivity contribution in [1.29, 1.82) is 0 Å². The zero-order chi connectivity index (χ0) is 7.56. The molecular weight excluding hydrogens is 132 g/mol. The van der Waals surface area contributed by atoms with E-state index in [0.29, 0.717) is 5.92 Å². The van der Waals surface area contributed by atoms with Gasteiger partial charge in [-0.1, -0.05) is 13.8 Å². The van der Waals surface area contributed by atoms with Gasteiger partial charge in [0.15, 0.2) is 0 Å². The molecule has 0 aliphatic carbocycles. The van der Waals surface area contributed by atoms with E-state index in [0.717, 1.165) is 5.76 Å². The Balaban J connectivity index is 2.78. The second-order valence-corrected chi connectivity index (χ2v) is 2.33. The van der Waals surface area contributed by atoms with Crippen LogP contribution in [-0.2, 0) is 0 Å². The minimum Gasteiger partial charge on any atom is -0.427 e. The van der Waals surface area contributed by atoms with E-state index in [1.807, 2.05) is 19.3 Å². The Morgan fingerprint density at radius 2 is 2.40 bits per heavy atom. The standard InChI is InChI=1S/C6H10N2O2/c1-4(2)5-3-7-6(8-9)10-5/h3-4,9H,1-2H3,(H,7,8). The highest BCUT2D eigenvalue weighted by molar-refractivity contribution is 5.16. The van der Waals surface area contributed by atoms with Crippen LogP contribution in [0.5, 0.6) is 0 Å². The van der Waals surface area contributed by atoms with Crippen LogP contribution in [0.2, 0.25) is 0 Å². The van der Waals surface area contributed by atoms with Gasteiger partial charge in [0.05, 0.1) is 6.20 Å². The van der Waals surface area contributed by atoms with Crippen molar-refractivity contribution < 1.29 is 9.62 Å². The van der Waals surface area contributed by atoms with Crippen LogP contribution >= 0.6 is 0 Å². The number of aromatic nitrogens is 1. The number of nitrogens with one attached hydrogen (secondary N) is 1. The second-order valence-electron chi connectivity index (χ2n) is 2.33. The molecule has 0 radical (unpaired) electrons. The zero-order valence-electron chi connectivity index (χ0n) is 5.96. The van der Waals surface area contributed by atoms with E-state index in [9.17, 15) is 0 Å². The molecule has 1 aromatic heterocycles. The summed E-state index contributed by atoms with van der Waals surface area (Å²) in [6.07, 6.45) is 1.59. The van der Waals surface area contributed by atoms with Crippen LogP contribution in [0.4, 0.5) is 6.01 Å². The van der Waals surface area contributed by atoms with Gasteiger partial charge >= 0.3 is 6.01 Å². The third kappa shape index (κ3) is 1.27. The molecule has 0 spiro atoms. The van der Waals surface area contributed by atoms with E-state index in [4.69, 9.17) is 9.62 Å². The Hall–Kier alpha value is -1.03. The first-order valence-corrected chi connectivity index (χ1v) is 3.10. The minimum absolute atomic E-state index is 0.142. The largest absolute Gasteiger partial charge is 0.427 e. The number of anilines is 1. The topological polar surface area (TPSA) is 58.3 Å². The highest BCUT2D eigenvalue weighted by Gasteiger charge is 2.05. The van der Waals surface area contributed by atoms with Gasteiger partial charge in [-0.2, -0.15) is 0 Å². The third-order valence-corrected chi connectivity index (χ3v) is 1.19. The molecule has 2 N–H and O–H groups in total. The van der Waals surface area contributed by atoms with Crippen molar-refractivity contribution in [1.82, 2.24) is 4.98 Å². The van der Waals surface area contributed by atoms with Crippen LogP contribution in [0.1, 0.15) is 25.5 Å². The van der Waals surface area contributed by atoms with Crippen molar-refractivity contribution in [3.63, 3.8) is 0 Å². The molecule has 4 nitrogen and oxygen atoms in total. The number of hydrogen-bond donors (Lipinski definition) is 2. The molecule has 0 aliphatic heterocycles. The summed E-state index contributed by atoms with van der Waals surface area (Å²) >= 11 is 0. The molecule has 0 fully saturated rings. The Bertz CT molecular complexity index is 207. The molecule has 0 atom stereocenters. The van der Waals surface area contributed by atoms with Crippen molar-refractivity contribution >= 4 is 6.01 Å². The number of rotatable bonds is 2. The third-order valence-electron chi connectivity index (χ3n) is 1.19. The summed E-state index contributed by atoms with van der Waals surface area (Å²) in [5, 5.41) is 8.33. The maximum atomic E-state index is 8.33. The van der Waals surface area contributed by atoms with E-state index >= 15 is 0 Å². The summed E-state index contributed by atoms with van der Waals surface area (Å²) in [5.74, 6) is 1.06. The Morgan fingerprint density at radius 1 is 1.70 bits per heavy atom. The Morgan fingerprint density at radius 3 is 2.70 bits per heavy atom. The summed E-state index contributed by atoms with van der Waals surface area (Å²) in [4.78, 5) is 3.73. The molecule has 0 unspecified atom stereocenters. The molecule has 1 rings (SSSR count). The lowest BCUT2D eigenvalue weighted by Gasteiger charge is -1.95. The van der Waals surface area contributed by atoms with Gasteiger partial charge in [0.2, 0.25) is 0 Å². The average Bonchev–Trinajstić information content (AvgIpc) is 2.34. The Labute approximate surface area is 58.8 Å². The first kappa shape index (κ1) is 7.08. The molecule has 4 heteroatoms. The van der Waals surface area contributed by atoms with Crippen LogP contribution in [0, 0.1) is 0 Å². The van der Waals surface area contributed by atoms with Crippen molar-refractivity contribution in [2.24, 2.45) is 0 Å². The lowest BCUT2D eigenvalue weighted by molar-refractivity contribution is 0.351. The van der Waals surface area contributed by atoms with Gasteiger partial charge < -0.3 is 4.42 Å². The monoisotopic (exact) mass is 142 g/mol. The first-order valence-electron chi connectivity index (χ1n) is 3.10. The molecule has 0 saturated heterocycles. The van der Waals surface area contributed by atoms with Gasteiger partial charge in [-0.25, -0.2) is 10.5 Å². The number of hydrogen-bond acceptors (Lipinski definition) is 4. The maximum Gasteiger partial charge on any atom is 0.319 e. The molecular formula is C6H10N2O2. The molecule has 10 heavy (non-hydrogen) atoms. The summed E-state index contributed by atoms with van der Waals surface area (Å²) in [5.41, 5.74) is 1.82. The van der Waals surface area contributed by atoms with Crippen molar-refractivity contribution in [2.75, 3.05) is 5.48 Å². The van der Waals surface area contributed by atoms with Crippen LogP contribution in [0.25, 0.3) is 0 Å². The van der Waals surface area contributed by atoms with Crippen molar-refractivity contribution in [3.8, 4) is 0 Å². The van der Waals surface area contributed by atoms with E-state index < -0.39 is 0 Å². The number of nitrogens with zero attached hydrogens (tertiary/aromatic N) is 1.